The molecule has 5 heteroatoms. The zero-order chi connectivity index (χ0) is 14.5. The second-order valence-corrected chi connectivity index (χ2v) is 5.05. The van der Waals surface area contributed by atoms with E-state index < -0.39 is 11.8 Å². The SMILES string of the molecule is COC(=O)C1CN(C)CC1C(=O)OCc1ccccc1. The predicted octanol–water partition coefficient (Wildman–Crippen LogP) is 1.08. The molecule has 1 aromatic rings. The van der Waals surface area contributed by atoms with Crippen molar-refractivity contribution in [2.75, 3.05) is 27.2 Å². The molecule has 2 unspecified atom stereocenters. The van der Waals surface area contributed by atoms with Gasteiger partial charge >= 0.3 is 11.9 Å². The number of esters is 2. The van der Waals surface area contributed by atoms with Crippen LogP contribution in [0.15, 0.2) is 30.3 Å². The van der Waals surface area contributed by atoms with Crippen LogP contribution in [0, 0.1) is 11.8 Å². The average molecular weight is 277 g/mol. The molecule has 0 aliphatic carbocycles. The summed E-state index contributed by atoms with van der Waals surface area (Å²) in [6.45, 7) is 1.28. The van der Waals surface area contributed by atoms with E-state index in [1.54, 1.807) is 0 Å². The van der Waals surface area contributed by atoms with E-state index in [4.69, 9.17) is 9.47 Å². The van der Waals surface area contributed by atoms with Crippen molar-refractivity contribution < 1.29 is 19.1 Å². The van der Waals surface area contributed by atoms with Gasteiger partial charge in [-0.3, -0.25) is 9.59 Å². The van der Waals surface area contributed by atoms with Gasteiger partial charge in [0.15, 0.2) is 0 Å². The number of hydrogen-bond acceptors (Lipinski definition) is 5. The van der Waals surface area contributed by atoms with E-state index in [1.807, 2.05) is 42.3 Å². The van der Waals surface area contributed by atoms with Crippen molar-refractivity contribution in [3.63, 3.8) is 0 Å². The number of carbonyl (C=O) groups is 2. The Balaban J connectivity index is 1.95. The van der Waals surface area contributed by atoms with Crippen molar-refractivity contribution in [1.82, 2.24) is 4.90 Å². The summed E-state index contributed by atoms with van der Waals surface area (Å²) in [5, 5.41) is 0. The predicted molar refractivity (Wildman–Crippen MR) is 72.7 cm³/mol. The highest BCUT2D eigenvalue weighted by atomic mass is 16.5. The summed E-state index contributed by atoms with van der Waals surface area (Å²) in [6.07, 6.45) is 0. The fourth-order valence-electron chi connectivity index (χ4n) is 2.47. The van der Waals surface area contributed by atoms with Crippen LogP contribution in [0.25, 0.3) is 0 Å². The average Bonchev–Trinajstić information content (AvgIpc) is 2.87. The molecule has 0 aromatic heterocycles. The van der Waals surface area contributed by atoms with E-state index in [1.165, 1.54) is 7.11 Å². The molecular formula is C15H19NO4. The summed E-state index contributed by atoms with van der Waals surface area (Å²) >= 11 is 0. The molecule has 0 radical (unpaired) electrons. The third-order valence-corrected chi connectivity index (χ3v) is 3.53. The maximum atomic E-state index is 12.1. The maximum Gasteiger partial charge on any atom is 0.311 e. The van der Waals surface area contributed by atoms with Gasteiger partial charge in [0, 0.05) is 13.1 Å². The van der Waals surface area contributed by atoms with Crippen LogP contribution in [-0.4, -0.2) is 44.1 Å². The minimum atomic E-state index is -0.448. The molecular weight excluding hydrogens is 258 g/mol. The molecule has 1 aromatic carbocycles. The Labute approximate surface area is 118 Å². The lowest BCUT2D eigenvalue weighted by atomic mass is 9.96. The van der Waals surface area contributed by atoms with Crippen molar-refractivity contribution in [2.45, 2.75) is 6.61 Å². The van der Waals surface area contributed by atoms with Gasteiger partial charge in [-0.25, -0.2) is 0 Å². The lowest BCUT2D eigenvalue weighted by Crippen LogP contribution is -2.30. The topological polar surface area (TPSA) is 55.8 Å². The van der Waals surface area contributed by atoms with Crippen LogP contribution in [0.4, 0.5) is 0 Å². The van der Waals surface area contributed by atoms with Crippen molar-refractivity contribution in [3.05, 3.63) is 35.9 Å². The molecule has 1 aliphatic heterocycles. The van der Waals surface area contributed by atoms with Crippen molar-refractivity contribution in [3.8, 4) is 0 Å². The Morgan fingerprint density at radius 3 is 2.35 bits per heavy atom. The fourth-order valence-corrected chi connectivity index (χ4v) is 2.47. The first kappa shape index (κ1) is 14.5. The molecule has 108 valence electrons. The molecule has 1 aliphatic rings. The number of methoxy groups -OCH3 is 1. The van der Waals surface area contributed by atoms with Gasteiger partial charge in [0.25, 0.3) is 0 Å². The molecule has 1 saturated heterocycles. The molecule has 1 fully saturated rings. The highest BCUT2D eigenvalue weighted by molar-refractivity contribution is 5.83. The van der Waals surface area contributed by atoms with Crippen molar-refractivity contribution in [2.24, 2.45) is 11.8 Å². The molecule has 0 saturated carbocycles. The van der Waals surface area contributed by atoms with Crippen LogP contribution in [0.2, 0.25) is 0 Å². The van der Waals surface area contributed by atoms with Gasteiger partial charge in [-0.1, -0.05) is 30.3 Å². The maximum absolute atomic E-state index is 12.1. The standard InChI is InChI=1S/C15H19NO4/c1-16-8-12(14(17)19-2)13(9-16)15(18)20-10-11-6-4-3-5-7-11/h3-7,12-13H,8-10H2,1-2H3. The third-order valence-electron chi connectivity index (χ3n) is 3.53. The molecule has 0 bridgehead atoms. The summed E-state index contributed by atoms with van der Waals surface area (Å²) in [5.41, 5.74) is 0.932. The van der Waals surface area contributed by atoms with Crippen molar-refractivity contribution in [1.29, 1.82) is 0 Å². The Kier molecular flexibility index (Phi) is 4.74. The molecule has 0 amide bonds. The monoisotopic (exact) mass is 277 g/mol. The van der Waals surface area contributed by atoms with E-state index in [0.29, 0.717) is 13.1 Å². The minimum Gasteiger partial charge on any atom is -0.469 e. The number of carbonyl (C=O) groups excluding carboxylic acids is 2. The van der Waals surface area contributed by atoms with Gasteiger partial charge in [-0.05, 0) is 12.6 Å². The van der Waals surface area contributed by atoms with Gasteiger partial charge in [-0.15, -0.1) is 0 Å². The normalized spacial score (nSPS) is 22.5. The summed E-state index contributed by atoms with van der Waals surface area (Å²) in [7, 11) is 3.22. The number of benzene rings is 1. The minimum absolute atomic E-state index is 0.230. The zero-order valence-corrected chi connectivity index (χ0v) is 11.7. The molecule has 0 spiro atoms. The molecule has 1 heterocycles. The number of nitrogens with zero attached hydrogens (tertiary/aromatic N) is 1. The fraction of sp³-hybridized carbons (Fsp3) is 0.467. The summed E-state index contributed by atoms with van der Waals surface area (Å²) in [4.78, 5) is 25.8. The highest BCUT2D eigenvalue weighted by Gasteiger charge is 2.42. The molecule has 2 rings (SSSR count). The summed E-state index contributed by atoms with van der Waals surface area (Å²) in [6, 6.07) is 9.48. The van der Waals surface area contributed by atoms with E-state index >= 15 is 0 Å². The van der Waals surface area contributed by atoms with E-state index in [-0.39, 0.29) is 18.5 Å². The van der Waals surface area contributed by atoms with E-state index in [2.05, 4.69) is 0 Å². The van der Waals surface area contributed by atoms with Gasteiger partial charge in [0.2, 0.25) is 0 Å². The van der Waals surface area contributed by atoms with Crippen LogP contribution in [0.3, 0.4) is 0 Å². The van der Waals surface area contributed by atoms with Gasteiger partial charge < -0.3 is 14.4 Å². The van der Waals surface area contributed by atoms with Crippen LogP contribution >= 0.6 is 0 Å². The van der Waals surface area contributed by atoms with E-state index in [0.717, 1.165) is 5.56 Å². The van der Waals surface area contributed by atoms with Gasteiger partial charge in [0.05, 0.1) is 18.9 Å². The van der Waals surface area contributed by atoms with Crippen LogP contribution in [-0.2, 0) is 25.7 Å². The number of hydrogen-bond donors (Lipinski definition) is 0. The van der Waals surface area contributed by atoms with Gasteiger partial charge in [0.1, 0.15) is 6.61 Å². The molecule has 5 nitrogen and oxygen atoms in total. The van der Waals surface area contributed by atoms with Crippen molar-refractivity contribution >= 4 is 11.9 Å². The Morgan fingerprint density at radius 1 is 1.15 bits per heavy atom. The summed E-state index contributed by atoms with van der Waals surface area (Å²) < 4.78 is 10.1. The summed E-state index contributed by atoms with van der Waals surface area (Å²) in [5.74, 6) is -1.57. The number of ether oxygens (including phenoxy) is 2. The Morgan fingerprint density at radius 2 is 1.75 bits per heavy atom. The number of likely N-dealkylation sites (tertiary alicyclic amines) is 1. The Bertz CT molecular complexity index is 474. The molecule has 20 heavy (non-hydrogen) atoms. The number of rotatable bonds is 4. The quantitative estimate of drug-likeness (QED) is 0.771. The van der Waals surface area contributed by atoms with Crippen LogP contribution < -0.4 is 0 Å². The first-order valence-electron chi connectivity index (χ1n) is 6.58. The zero-order valence-electron chi connectivity index (χ0n) is 11.7. The van der Waals surface area contributed by atoms with Crippen LogP contribution in [0.1, 0.15) is 5.56 Å². The first-order chi connectivity index (χ1) is 9.61. The second-order valence-electron chi connectivity index (χ2n) is 5.05. The van der Waals surface area contributed by atoms with Crippen LogP contribution in [0.5, 0.6) is 0 Å². The van der Waals surface area contributed by atoms with Gasteiger partial charge in [-0.2, -0.15) is 0 Å². The smallest absolute Gasteiger partial charge is 0.311 e. The molecule has 0 N–H and O–H groups in total. The highest BCUT2D eigenvalue weighted by Crippen LogP contribution is 2.25. The lowest BCUT2D eigenvalue weighted by Gasteiger charge is -2.15. The van der Waals surface area contributed by atoms with E-state index in [9.17, 15) is 9.59 Å². The lowest BCUT2D eigenvalue weighted by molar-refractivity contribution is -0.157. The Hall–Kier alpha value is -1.88. The second kappa shape index (κ2) is 6.52. The third kappa shape index (κ3) is 3.36. The first-order valence-corrected chi connectivity index (χ1v) is 6.58. The largest absolute Gasteiger partial charge is 0.469 e. The molecule has 2 atom stereocenters.